The SMILES string of the molecule is Cc1nc(C(C)S(C)(=O)=O)[nH]c(=O)c1C(C)C. The van der Waals surface area contributed by atoms with Crippen molar-refractivity contribution in [2.75, 3.05) is 6.26 Å². The Balaban J connectivity index is 3.39. The minimum absolute atomic E-state index is 0.0637. The molecule has 0 spiro atoms. The Bertz CT molecular complexity index is 573. The van der Waals surface area contributed by atoms with Crippen LogP contribution in [-0.4, -0.2) is 24.6 Å². The molecule has 1 heterocycles. The molecule has 0 radical (unpaired) electrons. The highest BCUT2D eigenvalue weighted by atomic mass is 32.2. The van der Waals surface area contributed by atoms with Gasteiger partial charge in [0.15, 0.2) is 9.84 Å². The Morgan fingerprint density at radius 2 is 1.76 bits per heavy atom. The third-order valence-electron chi connectivity index (χ3n) is 2.77. The zero-order chi connectivity index (χ0) is 13.4. The van der Waals surface area contributed by atoms with Crippen molar-refractivity contribution in [3.8, 4) is 0 Å². The number of H-pyrrole nitrogens is 1. The van der Waals surface area contributed by atoms with E-state index in [2.05, 4.69) is 9.97 Å². The average molecular weight is 258 g/mol. The number of rotatable bonds is 3. The first-order chi connectivity index (χ1) is 7.64. The number of hydrogen-bond donors (Lipinski definition) is 1. The summed E-state index contributed by atoms with van der Waals surface area (Å²) in [5.41, 5.74) is 0.946. The quantitative estimate of drug-likeness (QED) is 0.886. The van der Waals surface area contributed by atoms with Gasteiger partial charge in [-0.25, -0.2) is 13.4 Å². The highest BCUT2D eigenvalue weighted by molar-refractivity contribution is 7.90. The summed E-state index contributed by atoms with van der Waals surface area (Å²) in [5, 5.41) is -0.796. The van der Waals surface area contributed by atoms with Crippen molar-refractivity contribution >= 4 is 9.84 Å². The number of aryl methyl sites for hydroxylation is 1. The van der Waals surface area contributed by atoms with Crippen LogP contribution in [0.5, 0.6) is 0 Å². The van der Waals surface area contributed by atoms with E-state index >= 15 is 0 Å². The highest BCUT2D eigenvalue weighted by Gasteiger charge is 2.21. The van der Waals surface area contributed by atoms with E-state index in [4.69, 9.17) is 0 Å². The summed E-state index contributed by atoms with van der Waals surface area (Å²) in [7, 11) is -3.26. The van der Waals surface area contributed by atoms with E-state index in [9.17, 15) is 13.2 Å². The van der Waals surface area contributed by atoms with E-state index in [1.54, 1.807) is 6.92 Å². The molecule has 0 fully saturated rings. The molecule has 0 aliphatic carbocycles. The van der Waals surface area contributed by atoms with E-state index in [1.807, 2.05) is 13.8 Å². The zero-order valence-corrected chi connectivity index (χ0v) is 11.6. The second-order valence-electron chi connectivity index (χ2n) is 4.58. The van der Waals surface area contributed by atoms with E-state index in [-0.39, 0.29) is 17.3 Å². The van der Waals surface area contributed by atoms with Gasteiger partial charge in [-0.2, -0.15) is 0 Å². The van der Waals surface area contributed by atoms with Crippen molar-refractivity contribution in [3.63, 3.8) is 0 Å². The third-order valence-corrected chi connectivity index (χ3v) is 4.28. The van der Waals surface area contributed by atoms with Gasteiger partial charge in [0.05, 0.1) is 0 Å². The minimum Gasteiger partial charge on any atom is -0.309 e. The summed E-state index contributed by atoms with van der Waals surface area (Å²) in [4.78, 5) is 18.6. The summed E-state index contributed by atoms with van der Waals surface area (Å²) < 4.78 is 22.8. The van der Waals surface area contributed by atoms with E-state index in [0.717, 1.165) is 6.26 Å². The largest absolute Gasteiger partial charge is 0.309 e. The molecule has 0 amide bonds. The van der Waals surface area contributed by atoms with Gasteiger partial charge in [0.1, 0.15) is 11.1 Å². The first-order valence-corrected chi connectivity index (χ1v) is 7.39. The molecular formula is C11H18N2O3S. The molecule has 17 heavy (non-hydrogen) atoms. The predicted molar refractivity (Wildman–Crippen MR) is 66.9 cm³/mol. The molecule has 6 heteroatoms. The Morgan fingerprint density at radius 3 is 2.12 bits per heavy atom. The molecular weight excluding hydrogens is 240 g/mol. The van der Waals surface area contributed by atoms with E-state index < -0.39 is 15.1 Å². The van der Waals surface area contributed by atoms with E-state index in [1.165, 1.54) is 6.92 Å². The number of nitrogens with zero attached hydrogens (tertiary/aromatic N) is 1. The second kappa shape index (κ2) is 4.60. The van der Waals surface area contributed by atoms with E-state index in [0.29, 0.717) is 11.3 Å². The zero-order valence-electron chi connectivity index (χ0n) is 10.7. The lowest BCUT2D eigenvalue weighted by Crippen LogP contribution is -2.23. The summed E-state index contributed by atoms with van der Waals surface area (Å²) in [6.07, 6.45) is 1.13. The van der Waals surface area contributed by atoms with Crippen LogP contribution in [0.4, 0.5) is 0 Å². The minimum atomic E-state index is -3.26. The molecule has 0 aliphatic heterocycles. The lowest BCUT2D eigenvalue weighted by Gasteiger charge is -2.13. The molecule has 1 aromatic rings. The van der Waals surface area contributed by atoms with Crippen LogP contribution >= 0.6 is 0 Å². The first-order valence-electron chi connectivity index (χ1n) is 5.44. The molecule has 0 bridgehead atoms. The maximum atomic E-state index is 11.8. The van der Waals surface area contributed by atoms with Crippen LogP contribution in [0.15, 0.2) is 4.79 Å². The molecule has 5 nitrogen and oxygen atoms in total. The molecule has 0 saturated carbocycles. The summed E-state index contributed by atoms with van der Waals surface area (Å²) in [6.45, 7) is 7.04. The van der Waals surface area contributed by atoms with Crippen LogP contribution in [0.2, 0.25) is 0 Å². The number of aromatic nitrogens is 2. The fourth-order valence-electron chi connectivity index (χ4n) is 1.69. The van der Waals surface area contributed by atoms with Gasteiger partial charge in [0.2, 0.25) is 0 Å². The fourth-order valence-corrected chi connectivity index (χ4v) is 2.21. The molecule has 0 saturated heterocycles. The van der Waals surface area contributed by atoms with Gasteiger partial charge < -0.3 is 4.98 Å². The Kier molecular flexibility index (Phi) is 3.76. The standard InChI is InChI=1S/C11H18N2O3S/c1-6(2)9-7(3)12-10(13-11(9)14)8(4)17(5,15)16/h6,8H,1-5H3,(H,12,13,14). The highest BCUT2D eigenvalue weighted by Crippen LogP contribution is 2.18. The predicted octanol–water partition coefficient (Wildman–Crippen LogP) is 1.31. The van der Waals surface area contributed by atoms with Gasteiger partial charge in [-0.1, -0.05) is 13.8 Å². The van der Waals surface area contributed by atoms with Crippen molar-refractivity contribution in [2.45, 2.75) is 38.9 Å². The van der Waals surface area contributed by atoms with Crippen LogP contribution in [0.1, 0.15) is 49.0 Å². The third kappa shape index (κ3) is 2.94. The van der Waals surface area contributed by atoms with Crippen molar-refractivity contribution in [3.05, 3.63) is 27.4 Å². The Labute approximate surface area is 101 Å². The first kappa shape index (κ1) is 13.9. The molecule has 96 valence electrons. The molecule has 0 aromatic carbocycles. The summed E-state index contributed by atoms with van der Waals surface area (Å²) in [5.74, 6) is 0.272. The van der Waals surface area contributed by atoms with Gasteiger partial charge >= 0.3 is 0 Å². The maximum absolute atomic E-state index is 11.8. The van der Waals surface area contributed by atoms with Crippen molar-refractivity contribution in [1.29, 1.82) is 0 Å². The van der Waals surface area contributed by atoms with Gasteiger partial charge in [-0.3, -0.25) is 4.79 Å². The Morgan fingerprint density at radius 1 is 1.24 bits per heavy atom. The van der Waals surface area contributed by atoms with Gasteiger partial charge in [0, 0.05) is 17.5 Å². The maximum Gasteiger partial charge on any atom is 0.254 e. The van der Waals surface area contributed by atoms with Crippen LogP contribution < -0.4 is 5.56 Å². The monoisotopic (exact) mass is 258 g/mol. The average Bonchev–Trinajstić information content (AvgIpc) is 2.13. The smallest absolute Gasteiger partial charge is 0.254 e. The van der Waals surface area contributed by atoms with Gasteiger partial charge in [-0.15, -0.1) is 0 Å². The lowest BCUT2D eigenvalue weighted by molar-refractivity contribution is 0.588. The normalized spacial score (nSPS) is 14.0. The molecule has 1 atom stereocenters. The summed E-state index contributed by atoms with van der Waals surface area (Å²) in [6, 6.07) is 0. The molecule has 1 aromatic heterocycles. The number of sulfone groups is 1. The van der Waals surface area contributed by atoms with Gasteiger partial charge in [-0.05, 0) is 19.8 Å². The number of hydrogen-bond acceptors (Lipinski definition) is 4. The van der Waals surface area contributed by atoms with Crippen LogP contribution in [0.25, 0.3) is 0 Å². The lowest BCUT2D eigenvalue weighted by atomic mass is 10.0. The topological polar surface area (TPSA) is 79.9 Å². The second-order valence-corrected chi connectivity index (χ2v) is 6.94. The molecule has 1 rings (SSSR count). The van der Waals surface area contributed by atoms with Crippen molar-refractivity contribution in [2.24, 2.45) is 0 Å². The molecule has 1 unspecified atom stereocenters. The summed E-state index contributed by atoms with van der Waals surface area (Å²) >= 11 is 0. The van der Waals surface area contributed by atoms with Crippen LogP contribution in [0, 0.1) is 6.92 Å². The van der Waals surface area contributed by atoms with Crippen molar-refractivity contribution < 1.29 is 8.42 Å². The molecule has 0 aliphatic rings. The molecule has 1 N–H and O–H groups in total. The van der Waals surface area contributed by atoms with Crippen molar-refractivity contribution in [1.82, 2.24) is 9.97 Å². The van der Waals surface area contributed by atoms with Crippen LogP contribution in [0.3, 0.4) is 0 Å². The number of nitrogens with one attached hydrogen (secondary N) is 1. The number of aromatic amines is 1. The Hall–Kier alpha value is -1.17. The van der Waals surface area contributed by atoms with Crippen LogP contribution in [-0.2, 0) is 9.84 Å². The fraction of sp³-hybridized carbons (Fsp3) is 0.636. The van der Waals surface area contributed by atoms with Gasteiger partial charge in [0.25, 0.3) is 5.56 Å².